The van der Waals surface area contributed by atoms with Crippen LogP contribution in [0.25, 0.3) is 0 Å². The first-order chi connectivity index (χ1) is 14.5. The maximum atomic E-state index is 12.7. The zero-order valence-electron chi connectivity index (χ0n) is 17.0. The summed E-state index contributed by atoms with van der Waals surface area (Å²) < 4.78 is 1.77. The molecule has 2 heterocycles. The van der Waals surface area contributed by atoms with Crippen LogP contribution in [0.15, 0.2) is 53.7 Å². The third-order valence-electron chi connectivity index (χ3n) is 5.18. The summed E-state index contributed by atoms with van der Waals surface area (Å²) in [6.07, 6.45) is 1.00. The maximum absolute atomic E-state index is 12.7. The molecule has 154 valence electrons. The fourth-order valence-corrected chi connectivity index (χ4v) is 4.28. The molecule has 0 aliphatic carbocycles. The van der Waals surface area contributed by atoms with E-state index in [0.29, 0.717) is 17.5 Å². The highest BCUT2D eigenvalue weighted by atomic mass is 32.2. The lowest BCUT2D eigenvalue weighted by Gasteiger charge is -2.16. The zero-order chi connectivity index (χ0) is 21.1. The number of benzene rings is 2. The Morgan fingerprint density at radius 2 is 1.87 bits per heavy atom. The zero-order valence-corrected chi connectivity index (χ0v) is 17.8. The van der Waals surface area contributed by atoms with E-state index in [1.807, 2.05) is 61.3 Å². The van der Waals surface area contributed by atoms with Crippen LogP contribution in [0, 0.1) is 6.92 Å². The van der Waals surface area contributed by atoms with Gasteiger partial charge in [0.25, 0.3) is 0 Å². The molecule has 1 aromatic heterocycles. The fraction of sp³-hybridized carbons (Fsp3) is 0.273. The predicted octanol–water partition coefficient (Wildman–Crippen LogP) is 2.99. The molecule has 2 aromatic carbocycles. The molecule has 0 saturated carbocycles. The molecule has 0 fully saturated rings. The monoisotopic (exact) mass is 421 g/mol. The van der Waals surface area contributed by atoms with Gasteiger partial charge < -0.3 is 14.8 Å². The van der Waals surface area contributed by atoms with Gasteiger partial charge in [-0.25, -0.2) is 0 Å². The van der Waals surface area contributed by atoms with E-state index >= 15 is 0 Å². The summed E-state index contributed by atoms with van der Waals surface area (Å²) in [5, 5.41) is 11.8. The Balaban J connectivity index is 1.35. The Bertz CT molecular complexity index is 1090. The molecule has 0 bridgehead atoms. The van der Waals surface area contributed by atoms with Gasteiger partial charge in [-0.1, -0.05) is 48.2 Å². The molecule has 2 amide bonds. The molecule has 8 heteroatoms. The van der Waals surface area contributed by atoms with Gasteiger partial charge in [-0.2, -0.15) is 0 Å². The van der Waals surface area contributed by atoms with Crippen molar-refractivity contribution < 1.29 is 9.59 Å². The number of aryl methyl sites for hydroxylation is 1. The Morgan fingerprint density at radius 1 is 1.10 bits per heavy atom. The van der Waals surface area contributed by atoms with Crippen molar-refractivity contribution in [1.29, 1.82) is 0 Å². The highest BCUT2D eigenvalue weighted by Crippen LogP contribution is 2.28. The SMILES string of the molecule is Cc1ccccc1NC(=O)Cc1nnc(SCC(=O)N2CCc3ccccc32)n1C. The molecule has 30 heavy (non-hydrogen) atoms. The van der Waals surface area contributed by atoms with E-state index in [1.165, 1.54) is 17.3 Å². The minimum Gasteiger partial charge on any atom is -0.325 e. The topological polar surface area (TPSA) is 80.1 Å². The van der Waals surface area contributed by atoms with E-state index in [2.05, 4.69) is 21.6 Å². The fourth-order valence-electron chi connectivity index (χ4n) is 3.48. The van der Waals surface area contributed by atoms with Crippen molar-refractivity contribution in [3.8, 4) is 0 Å². The molecule has 1 aliphatic rings. The van der Waals surface area contributed by atoms with Crippen molar-refractivity contribution in [2.24, 2.45) is 7.05 Å². The predicted molar refractivity (Wildman–Crippen MR) is 118 cm³/mol. The Hall–Kier alpha value is -3.13. The first-order valence-corrected chi connectivity index (χ1v) is 10.8. The van der Waals surface area contributed by atoms with Gasteiger partial charge in [0.2, 0.25) is 11.8 Å². The molecule has 1 aliphatic heterocycles. The number of carbonyl (C=O) groups excluding carboxylic acids is 2. The van der Waals surface area contributed by atoms with Gasteiger partial charge in [0.1, 0.15) is 5.82 Å². The normalized spacial score (nSPS) is 12.7. The number of amides is 2. The lowest BCUT2D eigenvalue weighted by molar-refractivity contribution is -0.116. The second-order valence-electron chi connectivity index (χ2n) is 7.21. The summed E-state index contributed by atoms with van der Waals surface area (Å²) in [7, 11) is 1.81. The number of hydrogen-bond acceptors (Lipinski definition) is 5. The second-order valence-corrected chi connectivity index (χ2v) is 8.15. The molecular weight excluding hydrogens is 398 g/mol. The van der Waals surface area contributed by atoms with Crippen molar-refractivity contribution in [1.82, 2.24) is 14.8 Å². The quantitative estimate of drug-likeness (QED) is 0.619. The van der Waals surface area contributed by atoms with Crippen LogP contribution in [0.4, 0.5) is 11.4 Å². The average Bonchev–Trinajstić information content (AvgIpc) is 3.32. The smallest absolute Gasteiger partial charge is 0.237 e. The van der Waals surface area contributed by atoms with Gasteiger partial charge in [-0.15, -0.1) is 10.2 Å². The van der Waals surface area contributed by atoms with E-state index in [-0.39, 0.29) is 24.0 Å². The van der Waals surface area contributed by atoms with Crippen molar-refractivity contribution in [2.75, 3.05) is 22.5 Å². The van der Waals surface area contributed by atoms with Gasteiger partial charge in [-0.3, -0.25) is 9.59 Å². The lowest BCUT2D eigenvalue weighted by atomic mass is 10.2. The van der Waals surface area contributed by atoms with E-state index in [0.717, 1.165) is 23.4 Å². The molecule has 0 atom stereocenters. The molecule has 0 radical (unpaired) electrons. The number of para-hydroxylation sites is 2. The van der Waals surface area contributed by atoms with Crippen LogP contribution >= 0.6 is 11.8 Å². The number of aromatic nitrogens is 3. The van der Waals surface area contributed by atoms with Crippen molar-refractivity contribution in [3.05, 3.63) is 65.5 Å². The third-order valence-corrected chi connectivity index (χ3v) is 6.18. The van der Waals surface area contributed by atoms with Crippen molar-refractivity contribution in [2.45, 2.75) is 24.9 Å². The van der Waals surface area contributed by atoms with E-state index in [1.54, 1.807) is 4.57 Å². The third kappa shape index (κ3) is 4.23. The number of nitrogens with zero attached hydrogens (tertiary/aromatic N) is 4. The number of thioether (sulfide) groups is 1. The highest BCUT2D eigenvalue weighted by molar-refractivity contribution is 7.99. The molecule has 0 saturated heterocycles. The first kappa shape index (κ1) is 20.2. The van der Waals surface area contributed by atoms with E-state index in [9.17, 15) is 9.59 Å². The van der Waals surface area contributed by atoms with Crippen LogP contribution in [-0.2, 0) is 29.5 Å². The van der Waals surface area contributed by atoms with Crippen LogP contribution in [0.3, 0.4) is 0 Å². The lowest BCUT2D eigenvalue weighted by Crippen LogP contribution is -2.30. The number of carbonyl (C=O) groups is 2. The van der Waals surface area contributed by atoms with E-state index < -0.39 is 0 Å². The summed E-state index contributed by atoms with van der Waals surface area (Å²) in [6.45, 7) is 2.66. The first-order valence-electron chi connectivity index (χ1n) is 9.78. The number of rotatable bonds is 6. The maximum Gasteiger partial charge on any atom is 0.237 e. The summed E-state index contributed by atoms with van der Waals surface area (Å²) >= 11 is 1.34. The number of hydrogen-bond donors (Lipinski definition) is 1. The summed E-state index contributed by atoms with van der Waals surface area (Å²) in [6, 6.07) is 15.6. The number of anilines is 2. The molecule has 0 unspecified atom stereocenters. The Morgan fingerprint density at radius 3 is 2.70 bits per heavy atom. The minimum absolute atomic E-state index is 0.0480. The standard InChI is InChI=1S/C22H23N5O2S/c1-15-7-3-5-9-17(15)23-20(28)13-19-24-25-22(26(19)2)30-14-21(29)27-12-11-16-8-4-6-10-18(16)27/h3-10H,11-14H2,1-2H3,(H,23,28). The van der Waals surface area contributed by atoms with E-state index in [4.69, 9.17) is 0 Å². The van der Waals surface area contributed by atoms with Crippen LogP contribution in [-0.4, -0.2) is 38.9 Å². The molecule has 4 rings (SSSR count). The highest BCUT2D eigenvalue weighted by Gasteiger charge is 2.24. The van der Waals surface area contributed by atoms with Gasteiger partial charge in [0.05, 0.1) is 12.2 Å². The van der Waals surface area contributed by atoms with Crippen LogP contribution in [0.2, 0.25) is 0 Å². The molecular formula is C22H23N5O2S. The number of nitrogens with one attached hydrogen (secondary N) is 1. The molecule has 1 N–H and O–H groups in total. The van der Waals surface area contributed by atoms with Crippen LogP contribution < -0.4 is 10.2 Å². The van der Waals surface area contributed by atoms with Crippen molar-refractivity contribution >= 4 is 35.0 Å². The van der Waals surface area contributed by atoms with Gasteiger partial charge >= 0.3 is 0 Å². The average molecular weight is 422 g/mol. The molecule has 7 nitrogen and oxygen atoms in total. The largest absolute Gasteiger partial charge is 0.325 e. The Labute approximate surface area is 179 Å². The minimum atomic E-state index is -0.152. The number of fused-ring (bicyclic) bond motifs is 1. The molecule has 3 aromatic rings. The van der Waals surface area contributed by atoms with Crippen LogP contribution in [0.5, 0.6) is 0 Å². The summed E-state index contributed by atoms with van der Waals surface area (Å²) in [5.74, 6) is 0.728. The van der Waals surface area contributed by atoms with Crippen molar-refractivity contribution in [3.63, 3.8) is 0 Å². The van der Waals surface area contributed by atoms with Crippen LogP contribution in [0.1, 0.15) is 17.0 Å². The van der Waals surface area contributed by atoms with Gasteiger partial charge in [0.15, 0.2) is 5.16 Å². The summed E-state index contributed by atoms with van der Waals surface area (Å²) in [5.41, 5.74) is 3.99. The molecule has 0 spiro atoms. The second kappa shape index (κ2) is 8.71. The van der Waals surface area contributed by atoms with Gasteiger partial charge in [0, 0.05) is 25.0 Å². The van der Waals surface area contributed by atoms with Gasteiger partial charge in [-0.05, 0) is 36.6 Å². The summed E-state index contributed by atoms with van der Waals surface area (Å²) in [4.78, 5) is 26.9. The Kier molecular flexibility index (Phi) is 5.85.